The molecule has 0 spiro atoms. The highest BCUT2D eigenvalue weighted by atomic mass is 35.5. The molecule has 7 nitrogen and oxygen atoms in total. The number of halogens is 2. The second-order valence-corrected chi connectivity index (χ2v) is 7.76. The van der Waals surface area contributed by atoms with Crippen molar-refractivity contribution in [3.8, 4) is 11.9 Å². The molecule has 1 amide bonds. The SMILES string of the molecule is C[C@H](NC(=O)c1cc(Cl)cc(Cl)c1)c1nc(C2CC2)nn1-c1ccc(C#N)cn1. The lowest BCUT2D eigenvalue weighted by Gasteiger charge is -2.14. The van der Waals surface area contributed by atoms with Crippen molar-refractivity contribution < 1.29 is 4.79 Å². The van der Waals surface area contributed by atoms with Crippen LogP contribution in [0.4, 0.5) is 0 Å². The molecule has 1 saturated carbocycles. The van der Waals surface area contributed by atoms with Gasteiger partial charge in [-0.15, -0.1) is 5.10 Å². The fourth-order valence-electron chi connectivity index (χ4n) is 2.91. The van der Waals surface area contributed by atoms with Crippen LogP contribution in [0.3, 0.4) is 0 Å². The quantitative estimate of drug-likeness (QED) is 0.658. The third kappa shape index (κ3) is 4.24. The molecule has 4 rings (SSSR count). The Morgan fingerprint density at radius 2 is 2.00 bits per heavy atom. The third-order valence-electron chi connectivity index (χ3n) is 4.54. The minimum atomic E-state index is -0.447. The van der Waals surface area contributed by atoms with E-state index >= 15 is 0 Å². The lowest BCUT2D eigenvalue weighted by atomic mass is 10.2. The molecular weight excluding hydrogens is 411 g/mol. The number of hydrogen-bond donors (Lipinski definition) is 1. The number of amides is 1. The van der Waals surface area contributed by atoms with Gasteiger partial charge in [0.15, 0.2) is 17.5 Å². The van der Waals surface area contributed by atoms with Gasteiger partial charge in [-0.25, -0.2) is 9.97 Å². The van der Waals surface area contributed by atoms with Gasteiger partial charge in [-0.2, -0.15) is 9.94 Å². The molecule has 29 heavy (non-hydrogen) atoms. The van der Waals surface area contributed by atoms with E-state index in [-0.39, 0.29) is 5.91 Å². The Balaban J connectivity index is 1.64. The van der Waals surface area contributed by atoms with E-state index in [1.165, 1.54) is 6.20 Å². The summed E-state index contributed by atoms with van der Waals surface area (Å²) in [5.74, 6) is 1.84. The highest BCUT2D eigenvalue weighted by Crippen LogP contribution is 2.38. The van der Waals surface area contributed by atoms with Gasteiger partial charge in [0, 0.05) is 27.7 Å². The fourth-order valence-corrected chi connectivity index (χ4v) is 3.44. The van der Waals surface area contributed by atoms with Crippen molar-refractivity contribution >= 4 is 29.1 Å². The van der Waals surface area contributed by atoms with Gasteiger partial charge < -0.3 is 5.32 Å². The first kappa shape index (κ1) is 19.4. The molecule has 1 aliphatic rings. The summed E-state index contributed by atoms with van der Waals surface area (Å²) in [4.78, 5) is 21.6. The lowest BCUT2D eigenvalue weighted by Crippen LogP contribution is -2.28. The first-order chi connectivity index (χ1) is 13.9. The first-order valence-corrected chi connectivity index (χ1v) is 9.80. The van der Waals surface area contributed by atoms with E-state index in [0.29, 0.717) is 38.7 Å². The van der Waals surface area contributed by atoms with E-state index in [0.717, 1.165) is 18.7 Å². The second kappa shape index (κ2) is 7.82. The van der Waals surface area contributed by atoms with Crippen LogP contribution in [0.5, 0.6) is 0 Å². The summed E-state index contributed by atoms with van der Waals surface area (Å²) in [6.07, 6.45) is 3.58. The molecule has 1 aromatic carbocycles. The van der Waals surface area contributed by atoms with Crippen molar-refractivity contribution in [3.63, 3.8) is 0 Å². The molecule has 1 aliphatic carbocycles. The van der Waals surface area contributed by atoms with E-state index in [1.807, 2.05) is 13.0 Å². The van der Waals surface area contributed by atoms with Crippen LogP contribution in [-0.4, -0.2) is 25.7 Å². The van der Waals surface area contributed by atoms with Crippen LogP contribution < -0.4 is 5.32 Å². The number of aromatic nitrogens is 4. The van der Waals surface area contributed by atoms with Crippen LogP contribution in [0, 0.1) is 11.3 Å². The van der Waals surface area contributed by atoms with E-state index in [1.54, 1.807) is 35.0 Å². The van der Waals surface area contributed by atoms with Gasteiger partial charge in [-0.05, 0) is 50.1 Å². The molecule has 2 heterocycles. The topological polar surface area (TPSA) is 96.5 Å². The number of pyridine rings is 1. The molecule has 0 radical (unpaired) electrons. The molecule has 0 bridgehead atoms. The number of benzene rings is 1. The van der Waals surface area contributed by atoms with Crippen molar-refractivity contribution in [1.82, 2.24) is 25.1 Å². The number of nitrogens with zero attached hydrogens (tertiary/aromatic N) is 5. The molecular formula is C20H16Cl2N6O. The Kier molecular flexibility index (Phi) is 5.22. The molecule has 0 saturated heterocycles. The third-order valence-corrected chi connectivity index (χ3v) is 4.98. The summed E-state index contributed by atoms with van der Waals surface area (Å²) in [5.41, 5.74) is 0.816. The molecule has 0 aliphatic heterocycles. The van der Waals surface area contributed by atoms with E-state index in [9.17, 15) is 4.79 Å². The highest BCUT2D eigenvalue weighted by molar-refractivity contribution is 6.35. The molecule has 1 atom stereocenters. The Morgan fingerprint density at radius 3 is 2.59 bits per heavy atom. The van der Waals surface area contributed by atoms with Crippen LogP contribution in [0.2, 0.25) is 10.0 Å². The Bertz CT molecular complexity index is 1090. The van der Waals surface area contributed by atoms with Gasteiger partial charge in [0.25, 0.3) is 5.91 Å². The Hall–Kier alpha value is -2.95. The summed E-state index contributed by atoms with van der Waals surface area (Å²) in [5, 5.41) is 17.3. The van der Waals surface area contributed by atoms with Crippen LogP contribution in [0.25, 0.3) is 5.82 Å². The average molecular weight is 427 g/mol. The fraction of sp³-hybridized carbons (Fsp3) is 0.250. The summed E-state index contributed by atoms with van der Waals surface area (Å²) in [6, 6.07) is 9.65. The predicted octanol–water partition coefficient (Wildman–Crippen LogP) is 4.21. The van der Waals surface area contributed by atoms with Crippen molar-refractivity contribution in [2.75, 3.05) is 0 Å². The number of nitrogens with one attached hydrogen (secondary N) is 1. The molecule has 3 aromatic rings. The van der Waals surface area contributed by atoms with Gasteiger partial charge in [0.1, 0.15) is 6.07 Å². The predicted molar refractivity (Wildman–Crippen MR) is 108 cm³/mol. The zero-order valence-electron chi connectivity index (χ0n) is 15.4. The largest absolute Gasteiger partial charge is 0.342 e. The van der Waals surface area contributed by atoms with Crippen molar-refractivity contribution in [2.24, 2.45) is 0 Å². The smallest absolute Gasteiger partial charge is 0.251 e. The van der Waals surface area contributed by atoms with E-state index < -0.39 is 6.04 Å². The van der Waals surface area contributed by atoms with Crippen LogP contribution in [-0.2, 0) is 0 Å². The second-order valence-electron chi connectivity index (χ2n) is 6.88. The Morgan fingerprint density at radius 1 is 1.28 bits per heavy atom. The first-order valence-electron chi connectivity index (χ1n) is 9.05. The minimum Gasteiger partial charge on any atom is -0.342 e. The molecule has 1 N–H and O–H groups in total. The van der Waals surface area contributed by atoms with E-state index in [4.69, 9.17) is 28.5 Å². The van der Waals surface area contributed by atoms with Gasteiger partial charge in [0.2, 0.25) is 0 Å². The maximum Gasteiger partial charge on any atom is 0.251 e. The standard InChI is InChI=1S/C20H16Cl2N6O/c1-11(25-20(29)14-6-15(21)8-16(22)7-14)19-26-18(13-3-4-13)27-28(19)17-5-2-12(9-23)10-24-17/h2,5-8,10-11,13H,3-4H2,1H3,(H,25,29)/t11-/m0/s1. The number of nitriles is 1. The summed E-state index contributed by atoms with van der Waals surface area (Å²) >= 11 is 12.0. The monoisotopic (exact) mass is 426 g/mol. The summed E-state index contributed by atoms with van der Waals surface area (Å²) < 4.78 is 1.62. The molecule has 2 aromatic heterocycles. The van der Waals surface area contributed by atoms with Crippen molar-refractivity contribution in [1.29, 1.82) is 5.26 Å². The molecule has 146 valence electrons. The number of rotatable bonds is 5. The van der Waals surface area contributed by atoms with Gasteiger partial charge in [-0.1, -0.05) is 23.2 Å². The number of carbonyl (C=O) groups excluding carboxylic acids is 1. The highest BCUT2D eigenvalue weighted by Gasteiger charge is 2.31. The van der Waals surface area contributed by atoms with Gasteiger partial charge in [-0.3, -0.25) is 4.79 Å². The summed E-state index contributed by atoms with van der Waals surface area (Å²) in [7, 11) is 0. The van der Waals surface area contributed by atoms with Gasteiger partial charge >= 0.3 is 0 Å². The maximum absolute atomic E-state index is 12.7. The molecule has 0 unspecified atom stereocenters. The normalized spacial score (nSPS) is 14.3. The maximum atomic E-state index is 12.7. The average Bonchev–Trinajstić information content (AvgIpc) is 3.45. The van der Waals surface area contributed by atoms with Crippen LogP contribution in [0.1, 0.15) is 59.3 Å². The zero-order chi connectivity index (χ0) is 20.5. The van der Waals surface area contributed by atoms with Gasteiger partial charge in [0.05, 0.1) is 11.6 Å². The van der Waals surface area contributed by atoms with E-state index in [2.05, 4.69) is 20.4 Å². The summed E-state index contributed by atoms with van der Waals surface area (Å²) in [6.45, 7) is 1.82. The number of carbonyl (C=O) groups is 1. The zero-order valence-corrected chi connectivity index (χ0v) is 16.9. The van der Waals surface area contributed by atoms with Crippen molar-refractivity contribution in [3.05, 3.63) is 69.3 Å². The van der Waals surface area contributed by atoms with Crippen LogP contribution in [0.15, 0.2) is 36.5 Å². The molecule has 9 heteroatoms. The molecule has 1 fully saturated rings. The van der Waals surface area contributed by atoms with Crippen molar-refractivity contribution in [2.45, 2.75) is 31.7 Å². The number of hydrogen-bond acceptors (Lipinski definition) is 5. The lowest BCUT2D eigenvalue weighted by molar-refractivity contribution is 0.0938. The van der Waals surface area contributed by atoms with Crippen LogP contribution >= 0.6 is 23.2 Å². The minimum absolute atomic E-state index is 0.322. The Labute approximate surface area is 177 Å².